The number of likely N-dealkylation sites (tertiary alicyclic amines) is 1. The Morgan fingerprint density at radius 1 is 1.45 bits per heavy atom. The van der Waals surface area contributed by atoms with Gasteiger partial charge in [-0.25, -0.2) is 0 Å². The van der Waals surface area contributed by atoms with E-state index in [2.05, 4.69) is 15.5 Å². The van der Waals surface area contributed by atoms with Gasteiger partial charge in [-0.15, -0.1) is 0 Å². The zero-order valence-electron chi connectivity index (χ0n) is 12.4. The highest BCUT2D eigenvalue weighted by Gasteiger charge is 2.28. The molecular weight excluding hydrogens is 282 g/mol. The topological polar surface area (TPSA) is 104 Å². The zero-order valence-corrected chi connectivity index (χ0v) is 12.4. The van der Waals surface area contributed by atoms with Crippen molar-refractivity contribution in [2.45, 2.75) is 25.4 Å². The first kappa shape index (κ1) is 14.5. The normalized spacial score (nSPS) is 19.4. The Labute approximate surface area is 127 Å². The van der Waals surface area contributed by atoms with Gasteiger partial charge in [-0.05, 0) is 19.4 Å². The van der Waals surface area contributed by atoms with E-state index in [1.165, 1.54) is 0 Å². The van der Waals surface area contributed by atoms with Crippen LogP contribution in [0.3, 0.4) is 0 Å². The van der Waals surface area contributed by atoms with Crippen LogP contribution in [0.2, 0.25) is 0 Å². The number of amides is 2. The first-order valence-electron chi connectivity index (χ1n) is 7.34. The largest absolute Gasteiger partial charge is 0.339 e. The average molecular weight is 301 g/mol. The van der Waals surface area contributed by atoms with Gasteiger partial charge >= 0.3 is 0 Å². The van der Waals surface area contributed by atoms with Gasteiger partial charge in [0.2, 0.25) is 5.91 Å². The first-order chi connectivity index (χ1) is 10.6. The van der Waals surface area contributed by atoms with Crippen molar-refractivity contribution in [3.05, 3.63) is 30.0 Å². The summed E-state index contributed by atoms with van der Waals surface area (Å²) in [6, 6.07) is 6.80. The second kappa shape index (κ2) is 5.76. The maximum Gasteiger partial charge on any atom is 0.273 e. The molecule has 2 amide bonds. The van der Waals surface area contributed by atoms with Gasteiger partial charge in [0, 0.05) is 24.5 Å². The van der Waals surface area contributed by atoms with E-state index in [1.807, 2.05) is 24.3 Å². The number of aromatic amines is 1. The van der Waals surface area contributed by atoms with Crippen molar-refractivity contribution in [2.24, 2.45) is 5.73 Å². The summed E-state index contributed by atoms with van der Waals surface area (Å²) in [5, 5.41) is 10.3. The molecule has 4 N–H and O–H groups in total. The molecule has 2 unspecified atom stereocenters. The summed E-state index contributed by atoms with van der Waals surface area (Å²) in [5.74, 6) is -0.470. The van der Waals surface area contributed by atoms with E-state index in [0.29, 0.717) is 18.8 Å². The van der Waals surface area contributed by atoms with Crippen LogP contribution in [0, 0.1) is 0 Å². The van der Waals surface area contributed by atoms with E-state index in [9.17, 15) is 9.59 Å². The predicted molar refractivity (Wildman–Crippen MR) is 82.2 cm³/mol. The van der Waals surface area contributed by atoms with E-state index < -0.39 is 6.04 Å². The lowest BCUT2D eigenvalue weighted by Crippen LogP contribution is -2.46. The molecule has 0 spiro atoms. The number of fused-ring (bicyclic) bond motifs is 1. The summed E-state index contributed by atoms with van der Waals surface area (Å²) in [7, 11) is 0. The smallest absolute Gasteiger partial charge is 0.273 e. The van der Waals surface area contributed by atoms with Crippen molar-refractivity contribution in [2.75, 3.05) is 13.1 Å². The minimum atomic E-state index is -0.603. The van der Waals surface area contributed by atoms with Gasteiger partial charge in [-0.3, -0.25) is 14.7 Å². The lowest BCUT2D eigenvalue weighted by molar-refractivity contribution is -0.131. The van der Waals surface area contributed by atoms with Crippen LogP contribution in [0.4, 0.5) is 0 Å². The zero-order chi connectivity index (χ0) is 15.7. The molecule has 116 valence electrons. The van der Waals surface area contributed by atoms with Crippen molar-refractivity contribution in [1.82, 2.24) is 20.4 Å². The van der Waals surface area contributed by atoms with E-state index in [4.69, 9.17) is 5.73 Å². The molecular formula is C15H19N5O2. The minimum absolute atomic E-state index is 0.0298. The van der Waals surface area contributed by atoms with Crippen LogP contribution in [-0.4, -0.2) is 52.1 Å². The molecule has 0 radical (unpaired) electrons. The van der Waals surface area contributed by atoms with Crippen LogP contribution in [0.5, 0.6) is 0 Å². The molecule has 22 heavy (non-hydrogen) atoms. The molecule has 2 atom stereocenters. The fourth-order valence-corrected chi connectivity index (χ4v) is 2.72. The van der Waals surface area contributed by atoms with E-state index >= 15 is 0 Å². The minimum Gasteiger partial charge on any atom is -0.339 e. The Morgan fingerprint density at radius 3 is 2.95 bits per heavy atom. The molecule has 1 aromatic heterocycles. The second-order valence-electron chi connectivity index (χ2n) is 5.65. The van der Waals surface area contributed by atoms with Crippen LogP contribution in [0.25, 0.3) is 10.9 Å². The number of rotatable bonds is 3. The number of hydrogen-bond donors (Lipinski definition) is 3. The maximum absolute atomic E-state index is 12.3. The predicted octanol–water partition coefficient (Wildman–Crippen LogP) is 0.241. The summed E-state index contributed by atoms with van der Waals surface area (Å²) in [6.07, 6.45) is 0.802. The second-order valence-corrected chi connectivity index (χ2v) is 5.65. The third kappa shape index (κ3) is 2.67. The van der Waals surface area contributed by atoms with Crippen LogP contribution in [0.1, 0.15) is 23.8 Å². The molecule has 1 aromatic carbocycles. The summed E-state index contributed by atoms with van der Waals surface area (Å²) >= 11 is 0. The number of carbonyl (C=O) groups is 2. The van der Waals surface area contributed by atoms with Crippen molar-refractivity contribution >= 4 is 22.7 Å². The van der Waals surface area contributed by atoms with Crippen LogP contribution in [-0.2, 0) is 4.79 Å². The molecule has 7 nitrogen and oxygen atoms in total. The monoisotopic (exact) mass is 301 g/mol. The number of nitrogens with zero attached hydrogens (tertiary/aromatic N) is 2. The molecule has 3 rings (SSSR count). The van der Waals surface area contributed by atoms with Crippen LogP contribution in [0.15, 0.2) is 24.3 Å². The van der Waals surface area contributed by atoms with Gasteiger partial charge in [-0.1, -0.05) is 18.2 Å². The van der Waals surface area contributed by atoms with Gasteiger partial charge in [-0.2, -0.15) is 5.10 Å². The number of para-hydroxylation sites is 1. The molecule has 2 aromatic rings. The fraction of sp³-hybridized carbons (Fsp3) is 0.400. The van der Waals surface area contributed by atoms with Crippen molar-refractivity contribution < 1.29 is 9.59 Å². The van der Waals surface area contributed by atoms with Gasteiger partial charge in [0.1, 0.15) is 6.04 Å². The Bertz CT molecular complexity index is 711. The van der Waals surface area contributed by atoms with E-state index in [1.54, 1.807) is 11.8 Å². The van der Waals surface area contributed by atoms with Gasteiger partial charge in [0.05, 0.1) is 5.52 Å². The molecule has 1 saturated heterocycles. The van der Waals surface area contributed by atoms with Crippen LogP contribution < -0.4 is 11.1 Å². The maximum atomic E-state index is 12.3. The number of nitrogens with two attached hydrogens (primary N) is 1. The summed E-state index contributed by atoms with van der Waals surface area (Å²) in [5.41, 5.74) is 6.90. The third-order valence-electron chi connectivity index (χ3n) is 3.94. The highest BCUT2D eigenvalue weighted by molar-refractivity contribution is 6.05. The van der Waals surface area contributed by atoms with Crippen LogP contribution >= 0.6 is 0 Å². The number of hydrogen-bond acceptors (Lipinski definition) is 4. The molecule has 1 aliphatic rings. The van der Waals surface area contributed by atoms with Crippen molar-refractivity contribution in [3.63, 3.8) is 0 Å². The average Bonchev–Trinajstić information content (AvgIpc) is 3.12. The SMILES string of the molecule is CC(NC(=O)c1n[nH]c2ccccc12)C(=O)N1CCC(N)C1. The highest BCUT2D eigenvalue weighted by Crippen LogP contribution is 2.15. The molecule has 0 aliphatic carbocycles. The fourth-order valence-electron chi connectivity index (χ4n) is 2.72. The van der Waals surface area contributed by atoms with Gasteiger partial charge in [0.25, 0.3) is 5.91 Å². The first-order valence-corrected chi connectivity index (χ1v) is 7.34. The standard InChI is InChI=1S/C15H19N5O2/c1-9(15(22)20-7-6-10(16)8-20)17-14(21)13-11-4-2-3-5-12(11)18-19-13/h2-5,9-10H,6-8,16H2,1H3,(H,17,21)(H,18,19). The van der Waals surface area contributed by atoms with Gasteiger partial charge < -0.3 is 16.0 Å². The number of aromatic nitrogens is 2. The van der Waals surface area contributed by atoms with Crippen molar-refractivity contribution in [1.29, 1.82) is 0 Å². The third-order valence-corrected chi connectivity index (χ3v) is 3.94. The Hall–Kier alpha value is -2.41. The molecule has 2 heterocycles. The number of benzene rings is 1. The number of H-pyrrole nitrogens is 1. The summed E-state index contributed by atoms with van der Waals surface area (Å²) in [6.45, 7) is 2.87. The Balaban J connectivity index is 1.70. The summed E-state index contributed by atoms with van der Waals surface area (Å²) < 4.78 is 0. The van der Waals surface area contributed by atoms with E-state index in [-0.39, 0.29) is 17.9 Å². The van der Waals surface area contributed by atoms with E-state index in [0.717, 1.165) is 17.3 Å². The lowest BCUT2D eigenvalue weighted by Gasteiger charge is -2.21. The highest BCUT2D eigenvalue weighted by atomic mass is 16.2. The van der Waals surface area contributed by atoms with Crippen molar-refractivity contribution in [3.8, 4) is 0 Å². The quantitative estimate of drug-likeness (QED) is 0.755. The summed E-state index contributed by atoms with van der Waals surface area (Å²) in [4.78, 5) is 26.3. The Kier molecular flexibility index (Phi) is 3.81. The lowest BCUT2D eigenvalue weighted by atomic mass is 10.2. The molecule has 7 heteroatoms. The molecule has 0 saturated carbocycles. The molecule has 1 aliphatic heterocycles. The Morgan fingerprint density at radius 2 is 2.23 bits per heavy atom. The molecule has 0 bridgehead atoms. The van der Waals surface area contributed by atoms with Gasteiger partial charge in [0.15, 0.2) is 5.69 Å². The number of nitrogens with one attached hydrogen (secondary N) is 2. The number of carbonyl (C=O) groups excluding carboxylic acids is 2. The molecule has 1 fully saturated rings.